The van der Waals surface area contributed by atoms with Crippen LogP contribution < -0.4 is 5.32 Å². The number of aromatic nitrogens is 1. The number of benzene rings is 1. The molecule has 0 aliphatic rings. The first kappa shape index (κ1) is 10.2. The zero-order valence-corrected chi connectivity index (χ0v) is 8.64. The van der Waals surface area contributed by atoms with Gasteiger partial charge in [-0.05, 0) is 5.56 Å². The summed E-state index contributed by atoms with van der Waals surface area (Å²) in [7, 11) is 1.29. The molecule has 0 aliphatic carbocycles. The van der Waals surface area contributed by atoms with Gasteiger partial charge in [-0.2, -0.15) is 0 Å². The average molecular weight is 218 g/mol. The third-order valence-corrected chi connectivity index (χ3v) is 2.06. The molecule has 0 atom stereocenters. The first-order valence-electron chi connectivity index (χ1n) is 4.66. The maximum Gasteiger partial charge on any atom is 0.413 e. The van der Waals surface area contributed by atoms with Crippen LogP contribution in [-0.4, -0.2) is 18.4 Å². The number of nitrogens with one attached hydrogen (secondary N) is 1. The van der Waals surface area contributed by atoms with Crippen LogP contribution in [0.2, 0.25) is 0 Å². The smallest absolute Gasteiger partial charge is 0.413 e. The molecule has 5 nitrogen and oxygen atoms in total. The summed E-state index contributed by atoms with van der Waals surface area (Å²) in [4.78, 5) is 11.0. The lowest BCUT2D eigenvalue weighted by atomic mass is 10.1. The number of hydrogen-bond acceptors (Lipinski definition) is 4. The average Bonchev–Trinajstić information content (AvgIpc) is 2.78. The molecular weight excluding hydrogens is 208 g/mol. The van der Waals surface area contributed by atoms with Crippen molar-refractivity contribution in [3.05, 3.63) is 36.5 Å². The van der Waals surface area contributed by atoms with Gasteiger partial charge in [0.15, 0.2) is 0 Å². The van der Waals surface area contributed by atoms with Crippen LogP contribution in [0.25, 0.3) is 11.1 Å². The Morgan fingerprint density at radius 2 is 2.12 bits per heavy atom. The Kier molecular flexibility index (Phi) is 2.86. The van der Waals surface area contributed by atoms with Gasteiger partial charge >= 0.3 is 6.09 Å². The molecule has 0 radical (unpaired) electrons. The number of carbonyl (C=O) groups excluding carboxylic acids is 1. The minimum absolute atomic E-state index is 0.276. The summed E-state index contributed by atoms with van der Waals surface area (Å²) in [6, 6.07) is 9.49. The Morgan fingerprint density at radius 3 is 2.81 bits per heavy atom. The molecule has 0 saturated carbocycles. The highest BCUT2D eigenvalue weighted by Gasteiger charge is 2.12. The quantitative estimate of drug-likeness (QED) is 0.841. The molecule has 16 heavy (non-hydrogen) atoms. The second-order valence-electron chi connectivity index (χ2n) is 3.05. The fourth-order valence-electron chi connectivity index (χ4n) is 1.30. The van der Waals surface area contributed by atoms with Crippen LogP contribution in [0.15, 0.2) is 41.1 Å². The van der Waals surface area contributed by atoms with Gasteiger partial charge in [0, 0.05) is 0 Å². The maximum absolute atomic E-state index is 11.0. The van der Waals surface area contributed by atoms with Crippen molar-refractivity contribution in [3.8, 4) is 11.1 Å². The highest BCUT2D eigenvalue weighted by atomic mass is 16.5. The Hall–Kier alpha value is -2.30. The monoisotopic (exact) mass is 218 g/mol. The van der Waals surface area contributed by atoms with E-state index >= 15 is 0 Å². The van der Waals surface area contributed by atoms with Crippen molar-refractivity contribution in [3.63, 3.8) is 0 Å². The van der Waals surface area contributed by atoms with Gasteiger partial charge in [0.25, 0.3) is 0 Å². The van der Waals surface area contributed by atoms with E-state index in [4.69, 9.17) is 4.52 Å². The number of carbonyl (C=O) groups is 1. The van der Waals surface area contributed by atoms with Crippen molar-refractivity contribution in [2.75, 3.05) is 12.4 Å². The first-order chi connectivity index (χ1) is 7.81. The van der Waals surface area contributed by atoms with E-state index in [0.29, 0.717) is 5.56 Å². The predicted molar refractivity (Wildman–Crippen MR) is 58.0 cm³/mol. The summed E-state index contributed by atoms with van der Waals surface area (Å²) in [5, 5.41) is 6.09. The Bertz CT molecular complexity index is 479. The Balaban J connectivity index is 2.29. The zero-order chi connectivity index (χ0) is 11.4. The maximum atomic E-state index is 11.0. The largest absolute Gasteiger partial charge is 0.453 e. The molecule has 0 aliphatic heterocycles. The summed E-state index contributed by atoms with van der Waals surface area (Å²) < 4.78 is 9.41. The fraction of sp³-hybridized carbons (Fsp3) is 0.0909. The Morgan fingerprint density at radius 1 is 1.38 bits per heavy atom. The fourth-order valence-corrected chi connectivity index (χ4v) is 1.30. The predicted octanol–water partition coefficient (Wildman–Crippen LogP) is 2.52. The number of ether oxygens (including phenoxy) is 1. The van der Waals surface area contributed by atoms with Crippen LogP contribution in [0.5, 0.6) is 0 Å². The molecule has 2 aromatic rings. The lowest BCUT2D eigenvalue weighted by Gasteiger charge is -2.02. The topological polar surface area (TPSA) is 64.4 Å². The van der Waals surface area contributed by atoms with Crippen LogP contribution in [0, 0.1) is 0 Å². The van der Waals surface area contributed by atoms with Gasteiger partial charge in [-0.1, -0.05) is 35.5 Å². The molecule has 0 bridgehead atoms. The summed E-state index contributed by atoms with van der Waals surface area (Å²) >= 11 is 0. The van der Waals surface area contributed by atoms with E-state index in [-0.39, 0.29) is 5.88 Å². The number of amides is 1. The molecule has 1 aromatic heterocycles. The van der Waals surface area contributed by atoms with Gasteiger partial charge in [-0.3, -0.25) is 5.32 Å². The molecule has 5 heteroatoms. The summed E-state index contributed by atoms with van der Waals surface area (Å²) in [6.07, 6.45) is 0.953. The van der Waals surface area contributed by atoms with Crippen molar-refractivity contribution < 1.29 is 14.1 Å². The molecule has 1 N–H and O–H groups in total. The molecule has 82 valence electrons. The van der Waals surface area contributed by atoms with Crippen LogP contribution in [0.4, 0.5) is 10.7 Å². The molecule has 1 aromatic carbocycles. The minimum atomic E-state index is -0.589. The van der Waals surface area contributed by atoms with Crippen LogP contribution >= 0.6 is 0 Å². The normalized spacial score (nSPS) is 9.81. The van der Waals surface area contributed by atoms with Crippen LogP contribution in [-0.2, 0) is 4.74 Å². The molecule has 1 heterocycles. The van der Waals surface area contributed by atoms with E-state index < -0.39 is 6.09 Å². The van der Waals surface area contributed by atoms with Crippen LogP contribution in [0.1, 0.15) is 0 Å². The number of hydrogen-bond donors (Lipinski definition) is 1. The third kappa shape index (κ3) is 2.03. The minimum Gasteiger partial charge on any atom is -0.453 e. The van der Waals surface area contributed by atoms with Crippen molar-refractivity contribution >= 4 is 12.0 Å². The van der Waals surface area contributed by atoms with E-state index in [1.165, 1.54) is 7.11 Å². The van der Waals surface area contributed by atoms with Gasteiger partial charge in [0.2, 0.25) is 5.88 Å². The highest BCUT2D eigenvalue weighted by Crippen LogP contribution is 2.27. The van der Waals surface area contributed by atoms with Crippen molar-refractivity contribution in [1.82, 2.24) is 5.16 Å². The van der Waals surface area contributed by atoms with E-state index in [1.54, 1.807) is 6.20 Å². The number of nitrogens with zero attached hydrogens (tertiary/aromatic N) is 1. The van der Waals surface area contributed by atoms with Gasteiger partial charge in [0.05, 0.1) is 18.9 Å². The lowest BCUT2D eigenvalue weighted by molar-refractivity contribution is 0.186. The summed E-state index contributed by atoms with van der Waals surface area (Å²) in [5.74, 6) is 0.276. The molecule has 0 unspecified atom stereocenters. The van der Waals surface area contributed by atoms with Crippen LogP contribution in [0.3, 0.4) is 0 Å². The standard InChI is InChI=1S/C11H10N2O3/c1-15-11(14)13-10-9(7-12-16-10)8-5-3-2-4-6-8/h2-7H,1H3,(H,13,14). The van der Waals surface area contributed by atoms with Gasteiger partial charge < -0.3 is 9.26 Å². The van der Waals surface area contributed by atoms with Gasteiger partial charge in [-0.25, -0.2) is 4.79 Å². The van der Waals surface area contributed by atoms with E-state index in [9.17, 15) is 4.79 Å². The van der Waals surface area contributed by atoms with Gasteiger partial charge in [0.1, 0.15) is 0 Å². The first-order valence-corrected chi connectivity index (χ1v) is 4.66. The van der Waals surface area contributed by atoms with Gasteiger partial charge in [-0.15, -0.1) is 0 Å². The molecule has 0 saturated heterocycles. The summed E-state index contributed by atoms with van der Waals surface area (Å²) in [6.45, 7) is 0. The Labute approximate surface area is 92.0 Å². The SMILES string of the molecule is COC(=O)Nc1oncc1-c1ccccc1. The second kappa shape index (κ2) is 4.48. The van der Waals surface area contributed by atoms with Crippen molar-refractivity contribution in [2.45, 2.75) is 0 Å². The highest BCUT2D eigenvalue weighted by molar-refractivity contribution is 5.88. The van der Waals surface area contributed by atoms with E-state index in [2.05, 4.69) is 15.2 Å². The second-order valence-corrected chi connectivity index (χ2v) is 3.05. The van der Waals surface area contributed by atoms with Crippen molar-refractivity contribution in [1.29, 1.82) is 0 Å². The molecule has 2 rings (SSSR count). The number of anilines is 1. The molecule has 1 amide bonds. The number of methoxy groups -OCH3 is 1. The molecular formula is C11H10N2O3. The van der Waals surface area contributed by atoms with E-state index in [1.807, 2.05) is 30.3 Å². The molecule has 0 spiro atoms. The lowest BCUT2D eigenvalue weighted by Crippen LogP contribution is -2.10. The van der Waals surface area contributed by atoms with Crippen molar-refractivity contribution in [2.24, 2.45) is 0 Å². The molecule has 0 fully saturated rings. The zero-order valence-electron chi connectivity index (χ0n) is 8.64. The third-order valence-electron chi connectivity index (χ3n) is 2.06. The van der Waals surface area contributed by atoms with E-state index in [0.717, 1.165) is 5.56 Å². The summed E-state index contributed by atoms with van der Waals surface area (Å²) in [5.41, 5.74) is 1.63. The number of rotatable bonds is 2.